The Kier molecular flexibility index (Phi) is 0.451. The summed E-state index contributed by atoms with van der Waals surface area (Å²) in [7, 11) is 0. The predicted octanol–water partition coefficient (Wildman–Crippen LogP) is -0.0915. The maximum atomic E-state index is 6.80. The Morgan fingerprint density at radius 2 is 3.75 bits per heavy atom. The number of hydrogen-bond acceptors (Lipinski definition) is 2. The van der Waals surface area contributed by atoms with Gasteiger partial charge in [-0.05, 0) is 0 Å². The highest BCUT2D eigenvalue weighted by atomic mass is 32.1. The molecule has 1 nitrogen and oxygen atoms in total. The van der Waals surface area contributed by atoms with Crippen molar-refractivity contribution in [3.05, 3.63) is 0 Å². The summed E-state index contributed by atoms with van der Waals surface area (Å²) in [6.07, 6.45) is 0. The molecule has 0 aliphatic carbocycles. The Morgan fingerprint density at radius 1 is 2.75 bits per heavy atom. The van der Waals surface area contributed by atoms with E-state index in [-0.39, 0.29) is 12.5 Å². The van der Waals surface area contributed by atoms with E-state index in [1.54, 1.807) is 0 Å². The average Bonchev–Trinajstić information content (AvgIpc) is 1.88. The van der Waals surface area contributed by atoms with E-state index < -0.39 is 12.3 Å². The average molecular weight is 84.2 g/mol. The third-order valence-electron chi connectivity index (χ3n) is 0.0417. The molecule has 0 aromatic heterocycles. The Labute approximate surface area is 39.3 Å². The summed E-state index contributed by atoms with van der Waals surface area (Å²) in [6, 6.07) is 0. The molecule has 0 radical (unpaired) electrons. The molecule has 0 aliphatic heterocycles. The molecule has 0 atom stereocenters. The SMILES string of the molecule is [2H]OC([2H])([2H])C([2H])([2H])S[2H]. The number of aliphatic hydroxyl groups is 1. The molecule has 0 heterocycles. The molecule has 26 valence electrons. The maximum Gasteiger partial charge on any atom is 0.210 e. The molecule has 0 saturated carbocycles. The maximum absolute atomic E-state index is 6.80. The van der Waals surface area contributed by atoms with Gasteiger partial charge in [0.2, 0.25) is 1.43 Å². The predicted molar refractivity (Wildman–Crippen MR) is 20.9 cm³/mol. The van der Waals surface area contributed by atoms with Crippen LogP contribution < -0.4 is 0 Å². The molecule has 0 aromatic carbocycles. The summed E-state index contributed by atoms with van der Waals surface area (Å²) < 4.78 is 39.7. The van der Waals surface area contributed by atoms with Gasteiger partial charge < -0.3 is 5.11 Å². The molecule has 0 amide bonds. The van der Waals surface area contributed by atoms with Crippen LogP contribution in [0.25, 0.3) is 0 Å². The third kappa shape index (κ3) is 2.31. The van der Waals surface area contributed by atoms with E-state index in [0.717, 1.165) is 0 Å². The van der Waals surface area contributed by atoms with Gasteiger partial charge in [-0.3, -0.25) is 0 Å². The van der Waals surface area contributed by atoms with Crippen LogP contribution in [0.2, 0.25) is 0 Å². The summed E-state index contributed by atoms with van der Waals surface area (Å²) in [5.74, 6) is 0. The highest BCUT2D eigenvalue weighted by Crippen LogP contribution is 1.61. The van der Waals surface area contributed by atoms with Crippen molar-refractivity contribution in [1.29, 1.82) is 2.55 Å². The van der Waals surface area contributed by atoms with E-state index in [0.29, 0.717) is 0 Å². The lowest BCUT2D eigenvalue weighted by Gasteiger charge is -1.69. The van der Waals surface area contributed by atoms with E-state index >= 15 is 0 Å². The molecule has 0 aliphatic rings. The molecule has 0 aromatic rings. The Balaban J connectivity index is 4.28. The summed E-state index contributed by atoms with van der Waals surface area (Å²) in [5.41, 5.74) is -2.51. The molecule has 0 unspecified atom stereocenters. The number of hydrogen-bond donors (Lipinski definition) is 2. The van der Waals surface area contributed by atoms with Gasteiger partial charge in [-0.1, -0.05) is 0 Å². The van der Waals surface area contributed by atoms with E-state index in [1.807, 2.05) is 0 Å². The fourth-order valence-electron chi connectivity index (χ4n) is 0. The second kappa shape index (κ2) is 3.31. The van der Waals surface area contributed by atoms with Crippen molar-refractivity contribution in [3.63, 3.8) is 0 Å². The monoisotopic (exact) mass is 84.1 g/mol. The summed E-state index contributed by atoms with van der Waals surface area (Å²) in [6.45, 7) is -2.74. The van der Waals surface area contributed by atoms with Gasteiger partial charge in [0.1, 0.15) is 1.12 Å². The molecule has 0 rings (SSSR count). The number of thiol groups is 1. The van der Waals surface area contributed by atoms with Crippen LogP contribution in [0.15, 0.2) is 0 Å². The van der Waals surface area contributed by atoms with Gasteiger partial charge in [-0.15, -0.1) is 0 Å². The fraction of sp³-hybridized carbons (Fsp3) is 1.00. The topological polar surface area (TPSA) is 20.2 Å². The minimum atomic E-state index is -2.74. The lowest BCUT2D eigenvalue weighted by Crippen LogP contribution is -1.76. The van der Waals surface area contributed by atoms with E-state index in [9.17, 15) is 0 Å². The van der Waals surface area contributed by atoms with Gasteiger partial charge >= 0.3 is 0 Å². The van der Waals surface area contributed by atoms with Crippen LogP contribution >= 0.6 is 12.5 Å². The summed E-state index contributed by atoms with van der Waals surface area (Å²) in [4.78, 5) is 0. The first-order valence-corrected chi connectivity index (χ1v) is 1.07. The lowest BCUT2D eigenvalue weighted by atomic mass is 10.9. The quantitative estimate of drug-likeness (QED) is 0.458. The van der Waals surface area contributed by atoms with Gasteiger partial charge in [0, 0.05) is 8.45 Å². The molecule has 0 fully saturated rings. The van der Waals surface area contributed by atoms with Crippen LogP contribution in [0.4, 0.5) is 0 Å². The second-order valence-electron chi connectivity index (χ2n) is 0.204. The Bertz CT molecular complexity index is 100. The van der Waals surface area contributed by atoms with Crippen molar-refractivity contribution in [3.8, 4) is 0 Å². The standard InChI is InChI=1S/C2H6OS/c3-1-2-4/h3-4H,1-2H2/i1D2,2D2,3D/hD. The van der Waals surface area contributed by atoms with Crippen molar-refractivity contribution in [2.75, 3.05) is 12.3 Å². The highest BCUT2D eigenvalue weighted by molar-refractivity contribution is 7.80. The van der Waals surface area contributed by atoms with Crippen molar-refractivity contribution in [2.45, 2.75) is 0 Å². The molecular formula is C2H6OS. The molecule has 0 spiro atoms. The zero-order chi connectivity index (χ0) is 8.41. The minimum Gasteiger partial charge on any atom is -0.396 e. The fourth-order valence-corrected chi connectivity index (χ4v) is 0. The molecule has 0 bridgehead atoms. The van der Waals surface area contributed by atoms with Crippen molar-refractivity contribution < 1.29 is 10.6 Å². The molecule has 4 heavy (non-hydrogen) atoms. The second-order valence-corrected chi connectivity index (χ2v) is 0.408. The largest absolute Gasteiger partial charge is 0.396 e. The van der Waals surface area contributed by atoms with Gasteiger partial charge in [-0.25, -0.2) is 0 Å². The molecular weight excluding hydrogens is 72.1 g/mol. The van der Waals surface area contributed by atoms with E-state index in [2.05, 4.69) is 5.11 Å². The molecule has 0 saturated heterocycles. The Morgan fingerprint density at radius 3 is 4.00 bits per heavy atom. The van der Waals surface area contributed by atoms with Crippen LogP contribution in [0.5, 0.6) is 0 Å². The molecule has 1 N–H and O–H groups in total. The Hall–Kier alpha value is 0.310. The highest BCUT2D eigenvalue weighted by Gasteiger charge is 1.57. The van der Waals surface area contributed by atoms with Crippen LogP contribution in [-0.2, 0) is 0 Å². The van der Waals surface area contributed by atoms with E-state index in [1.165, 1.54) is 0 Å². The first kappa shape index (κ1) is 0.545. The minimum absolute atomic E-state index is 0.0781. The van der Waals surface area contributed by atoms with Crippen molar-refractivity contribution in [2.24, 2.45) is 0 Å². The number of rotatable bonds is 3. The van der Waals surface area contributed by atoms with E-state index in [4.69, 9.17) is 8.04 Å². The van der Waals surface area contributed by atoms with Gasteiger partial charge in [-0.2, -0.15) is 12.5 Å². The summed E-state index contributed by atoms with van der Waals surface area (Å²) in [5, 5.41) is 3.46. The molecule has 2 heteroatoms. The normalized spacial score (nSPS) is 36.0. The zero-order valence-electron chi connectivity index (χ0n) is 7.82. The van der Waals surface area contributed by atoms with Crippen LogP contribution in [-0.4, -0.2) is 19.9 Å². The lowest BCUT2D eigenvalue weighted by molar-refractivity contribution is 0.323. The first-order chi connectivity index (χ1) is 4.37. The van der Waals surface area contributed by atoms with Crippen molar-refractivity contribution >= 4 is 12.5 Å². The smallest absolute Gasteiger partial charge is 0.210 e. The summed E-state index contributed by atoms with van der Waals surface area (Å²) >= 11 is -0.0781. The van der Waals surface area contributed by atoms with Crippen LogP contribution in [0.3, 0.4) is 0 Å². The third-order valence-corrected chi connectivity index (χ3v) is 0.125. The van der Waals surface area contributed by atoms with Crippen LogP contribution in [0.1, 0.15) is 5.48 Å². The van der Waals surface area contributed by atoms with Gasteiger partial charge in [0.05, 0.1) is 9.30 Å². The van der Waals surface area contributed by atoms with Gasteiger partial charge in [0.25, 0.3) is 0 Å². The van der Waals surface area contributed by atoms with Crippen molar-refractivity contribution in [1.82, 2.24) is 0 Å². The first-order valence-electron chi connectivity index (χ1n) is 3.47. The van der Waals surface area contributed by atoms with Gasteiger partial charge in [0.15, 0.2) is 0 Å². The van der Waals surface area contributed by atoms with Crippen LogP contribution in [0, 0.1) is 0 Å². The zero-order valence-corrected chi connectivity index (χ0v) is 2.63.